The van der Waals surface area contributed by atoms with E-state index in [2.05, 4.69) is 262 Å². The fourth-order valence-corrected chi connectivity index (χ4v) is 23.0. The van der Waals surface area contributed by atoms with Crippen molar-refractivity contribution in [2.75, 3.05) is 0 Å². The fraction of sp³-hybridized carbons (Fsp3) is 0.456. The Balaban J connectivity index is 0.820. The summed E-state index contributed by atoms with van der Waals surface area (Å²) >= 11 is 0. The van der Waals surface area contributed by atoms with E-state index in [4.69, 9.17) is 0 Å². The summed E-state index contributed by atoms with van der Waals surface area (Å²) in [5.41, 5.74) is 35.3. The topological polar surface area (TPSA) is 0 Å². The van der Waals surface area contributed by atoms with Crippen LogP contribution in [0.5, 0.6) is 0 Å². The predicted octanol–water partition coefficient (Wildman–Crippen LogP) is 35.5. The molecule has 0 saturated carbocycles. The van der Waals surface area contributed by atoms with Gasteiger partial charge in [-0.25, -0.2) is 0 Å². The molecule has 594 valence electrons. The minimum atomic E-state index is -0.0870. The van der Waals surface area contributed by atoms with Gasteiger partial charge in [0.2, 0.25) is 0 Å². The summed E-state index contributed by atoms with van der Waals surface area (Å²) in [6.07, 6.45) is 50.7. The molecule has 15 rings (SSSR count). The summed E-state index contributed by atoms with van der Waals surface area (Å²) < 4.78 is 0. The van der Waals surface area contributed by atoms with E-state index >= 15 is 0 Å². The van der Waals surface area contributed by atoms with Crippen molar-refractivity contribution in [3.05, 3.63) is 251 Å². The van der Waals surface area contributed by atoms with Gasteiger partial charge in [-0.15, -0.1) is 0 Å². The summed E-state index contributed by atoms with van der Waals surface area (Å²) in [5.74, 6) is 0. The van der Waals surface area contributed by atoms with Crippen LogP contribution in [-0.4, -0.2) is 0 Å². The van der Waals surface area contributed by atoms with Crippen molar-refractivity contribution in [2.45, 2.75) is 334 Å². The highest BCUT2D eigenvalue weighted by Crippen LogP contribution is 2.61. The van der Waals surface area contributed by atoms with Gasteiger partial charge >= 0.3 is 0 Å². The fourth-order valence-electron chi connectivity index (χ4n) is 23.0. The SMILES string of the molecule is CCCCCCC1(CCCCCC)c2ccccc2-c2ccc(-c3ccc4c(c3)C(CCCCCC)(CCCCCC)c3cc(-c5cccc6cc7cccc(-c8ccc9c(c8)C(CCCCCC)(CCCCCC)c8cc(-c%10ccc%11c(c%10)C(CCCCCC)(CCCCCC)c%10ccccc%10-%11)ccc8-9)c7cc56)ccc3-4)cc21. The third-order valence-corrected chi connectivity index (χ3v) is 29.1. The Morgan fingerprint density at radius 1 is 0.158 bits per heavy atom. The average molecular weight is 1510 g/mol. The highest BCUT2D eigenvalue weighted by molar-refractivity contribution is 6.10. The predicted molar refractivity (Wildman–Crippen MR) is 498 cm³/mol. The van der Waals surface area contributed by atoms with E-state index in [1.807, 2.05) is 0 Å². The minimum Gasteiger partial charge on any atom is -0.0654 e. The maximum atomic E-state index is 2.73. The van der Waals surface area contributed by atoms with Crippen molar-refractivity contribution in [3.63, 3.8) is 0 Å². The van der Waals surface area contributed by atoms with E-state index in [0.29, 0.717) is 0 Å². The summed E-state index contributed by atoms with van der Waals surface area (Å²) in [7, 11) is 0. The van der Waals surface area contributed by atoms with Gasteiger partial charge in [0, 0.05) is 21.7 Å². The number of rotatable bonds is 44. The molecule has 0 bridgehead atoms. The van der Waals surface area contributed by atoms with Crippen molar-refractivity contribution >= 4 is 21.5 Å². The largest absolute Gasteiger partial charge is 0.0654 e. The highest BCUT2D eigenvalue weighted by Gasteiger charge is 2.47. The zero-order valence-corrected chi connectivity index (χ0v) is 71.9. The first-order valence-corrected chi connectivity index (χ1v) is 47.2. The van der Waals surface area contributed by atoms with Gasteiger partial charge in [0.05, 0.1) is 0 Å². The molecular formula is C114H138. The molecular weight excluding hydrogens is 1370 g/mol. The Kier molecular flexibility index (Phi) is 26.7. The molecule has 0 unspecified atom stereocenters. The van der Waals surface area contributed by atoms with Crippen LogP contribution < -0.4 is 0 Å². The second-order valence-corrected chi connectivity index (χ2v) is 36.4. The van der Waals surface area contributed by atoms with Crippen LogP contribution in [0.4, 0.5) is 0 Å². The molecule has 0 saturated heterocycles. The number of unbranched alkanes of at least 4 members (excludes halogenated alkanes) is 24. The van der Waals surface area contributed by atoms with Crippen LogP contribution in [0.2, 0.25) is 0 Å². The lowest BCUT2D eigenvalue weighted by molar-refractivity contribution is 0.401. The Hall–Kier alpha value is -8.06. The molecule has 0 radical (unpaired) electrons. The van der Waals surface area contributed by atoms with E-state index in [-0.39, 0.29) is 21.7 Å². The molecule has 0 spiro atoms. The van der Waals surface area contributed by atoms with Crippen LogP contribution in [-0.2, 0) is 21.7 Å². The van der Waals surface area contributed by atoms with Crippen molar-refractivity contribution in [3.8, 4) is 89.0 Å². The zero-order valence-electron chi connectivity index (χ0n) is 71.9. The average Bonchev–Trinajstić information content (AvgIpc) is 1.56. The van der Waals surface area contributed by atoms with E-state index < -0.39 is 0 Å². The minimum absolute atomic E-state index is 0.0490. The molecule has 0 amide bonds. The molecule has 0 N–H and O–H groups in total. The van der Waals surface area contributed by atoms with Crippen LogP contribution in [0.1, 0.15) is 357 Å². The van der Waals surface area contributed by atoms with E-state index in [0.717, 1.165) is 0 Å². The number of hydrogen-bond donors (Lipinski definition) is 0. The first-order valence-electron chi connectivity index (χ1n) is 47.2. The molecule has 0 heteroatoms. The Morgan fingerprint density at radius 3 is 0.623 bits per heavy atom. The lowest BCUT2D eigenvalue weighted by Gasteiger charge is -2.34. The molecule has 11 aromatic rings. The maximum Gasteiger partial charge on any atom is 0.0215 e. The van der Waals surface area contributed by atoms with E-state index in [1.54, 1.807) is 44.5 Å². The molecule has 0 atom stereocenters. The van der Waals surface area contributed by atoms with Crippen LogP contribution in [0.15, 0.2) is 206 Å². The summed E-state index contributed by atoms with van der Waals surface area (Å²) in [4.78, 5) is 0. The molecule has 0 aliphatic heterocycles. The summed E-state index contributed by atoms with van der Waals surface area (Å²) in [6.45, 7) is 19.0. The quantitative estimate of drug-likeness (QED) is 0.0264. The van der Waals surface area contributed by atoms with Crippen molar-refractivity contribution in [1.82, 2.24) is 0 Å². The standard InChI is InChI=1S/C114H138/c1-9-17-25-37-67-111(68-38-26-18-10-2)103-53-35-33-49-93(103)95-61-55-83(76-105(95)111)85-57-63-97-99-65-59-89(80-109(99)113(107(97)78-85,71-41-29-21-13-5)72-42-30-22-14-6)91-51-45-47-87-75-88-48-46-52-92(102(88)82-101(87)91)90-60-66-100-98-64-58-86(79-108(98)114(110(100)81-90,73-43-31-23-15-7)74-44-32-24-16-8)84-56-62-96-94-50-34-36-54-104(94)112(106(96)77-84,69-39-27-19-11-3)70-40-28-20-12-4/h33-36,45-66,75-82H,9-32,37-44,67-74H2,1-8H3. The number of benzene rings is 11. The molecule has 4 aliphatic carbocycles. The van der Waals surface area contributed by atoms with Gasteiger partial charge in [0.25, 0.3) is 0 Å². The molecule has 0 fully saturated rings. The van der Waals surface area contributed by atoms with Gasteiger partial charge in [-0.3, -0.25) is 0 Å². The third-order valence-electron chi connectivity index (χ3n) is 29.1. The lowest BCUT2D eigenvalue weighted by atomic mass is 9.69. The second-order valence-electron chi connectivity index (χ2n) is 36.4. The van der Waals surface area contributed by atoms with Gasteiger partial charge < -0.3 is 0 Å². The van der Waals surface area contributed by atoms with Crippen LogP contribution in [0.25, 0.3) is 111 Å². The summed E-state index contributed by atoms with van der Waals surface area (Å²) in [5, 5.41) is 5.32. The number of hydrogen-bond acceptors (Lipinski definition) is 0. The summed E-state index contributed by atoms with van der Waals surface area (Å²) in [6, 6.07) is 85.4. The van der Waals surface area contributed by atoms with Crippen molar-refractivity contribution < 1.29 is 0 Å². The monoisotopic (exact) mass is 1510 g/mol. The molecule has 0 heterocycles. The Bertz CT molecular complexity index is 4720. The molecule has 0 nitrogen and oxygen atoms in total. The van der Waals surface area contributed by atoms with Crippen molar-refractivity contribution in [2.24, 2.45) is 0 Å². The molecule has 4 aliphatic rings. The maximum absolute atomic E-state index is 2.73. The molecule has 114 heavy (non-hydrogen) atoms. The van der Waals surface area contributed by atoms with Gasteiger partial charge in [-0.2, -0.15) is 0 Å². The Labute approximate surface area is 690 Å². The van der Waals surface area contributed by atoms with E-state index in [1.165, 1.54) is 367 Å². The van der Waals surface area contributed by atoms with Crippen LogP contribution >= 0.6 is 0 Å². The van der Waals surface area contributed by atoms with Gasteiger partial charge in [-0.1, -0.05) is 419 Å². The second kappa shape index (κ2) is 37.5. The lowest BCUT2D eigenvalue weighted by Crippen LogP contribution is -2.26. The van der Waals surface area contributed by atoms with Crippen LogP contribution in [0.3, 0.4) is 0 Å². The smallest absolute Gasteiger partial charge is 0.0215 e. The Morgan fingerprint density at radius 2 is 0.368 bits per heavy atom. The first kappa shape index (κ1) is 81.1. The van der Waals surface area contributed by atoms with E-state index in [9.17, 15) is 0 Å². The normalized spacial score (nSPS) is 14.6. The van der Waals surface area contributed by atoms with Crippen molar-refractivity contribution in [1.29, 1.82) is 0 Å². The third kappa shape index (κ3) is 15.8. The first-order chi connectivity index (χ1) is 56.2. The number of fused-ring (bicyclic) bond motifs is 14. The zero-order chi connectivity index (χ0) is 78.5. The van der Waals surface area contributed by atoms with Gasteiger partial charge in [0.15, 0.2) is 0 Å². The highest BCUT2D eigenvalue weighted by atomic mass is 14.5. The molecule has 0 aromatic heterocycles. The van der Waals surface area contributed by atoms with Crippen LogP contribution in [0, 0.1) is 0 Å². The van der Waals surface area contributed by atoms with Gasteiger partial charge in [-0.05, 0) is 255 Å². The van der Waals surface area contributed by atoms with Gasteiger partial charge in [0.1, 0.15) is 0 Å². The molecule has 11 aromatic carbocycles.